The molecule has 0 aliphatic carbocycles. The van der Waals surface area contributed by atoms with Gasteiger partial charge in [-0.15, -0.1) is 0 Å². The monoisotopic (exact) mass is 271 g/mol. The van der Waals surface area contributed by atoms with Gasteiger partial charge in [-0.25, -0.2) is 4.39 Å². The summed E-state index contributed by atoms with van der Waals surface area (Å²) in [6.45, 7) is 0.726. The van der Waals surface area contributed by atoms with Gasteiger partial charge in [-0.3, -0.25) is 0 Å². The minimum absolute atomic E-state index is 0.00866. The van der Waals surface area contributed by atoms with E-state index in [0.29, 0.717) is 12.0 Å². The van der Waals surface area contributed by atoms with Gasteiger partial charge in [-0.05, 0) is 18.1 Å². The number of halogens is 1. The normalized spacial score (nSPS) is 21.6. The third kappa shape index (κ3) is 3.16. The van der Waals surface area contributed by atoms with Gasteiger partial charge in [0.1, 0.15) is 0 Å². The van der Waals surface area contributed by atoms with E-state index in [0.717, 1.165) is 18.1 Å². The van der Waals surface area contributed by atoms with Crippen molar-refractivity contribution in [1.29, 1.82) is 0 Å². The van der Waals surface area contributed by atoms with Crippen LogP contribution < -0.4 is 10.5 Å². The highest BCUT2D eigenvalue weighted by molar-refractivity contribution is 7.99. The molecular formula is C13H18FNO2S. The predicted octanol–water partition coefficient (Wildman–Crippen LogP) is 1.84. The molecule has 5 heteroatoms. The van der Waals surface area contributed by atoms with Crippen molar-refractivity contribution in [3.63, 3.8) is 0 Å². The zero-order chi connectivity index (χ0) is 13.0. The highest BCUT2D eigenvalue weighted by atomic mass is 32.2. The first-order chi connectivity index (χ1) is 8.72. The Kier molecular flexibility index (Phi) is 4.86. The first kappa shape index (κ1) is 13.6. The Bertz CT molecular complexity index is 397. The van der Waals surface area contributed by atoms with Crippen LogP contribution in [-0.4, -0.2) is 37.4 Å². The summed E-state index contributed by atoms with van der Waals surface area (Å²) in [6.07, 6.45) is 0.475. The maximum atomic E-state index is 14.0. The molecule has 2 unspecified atom stereocenters. The van der Waals surface area contributed by atoms with Crippen molar-refractivity contribution in [2.75, 3.05) is 25.2 Å². The Morgan fingerprint density at radius 3 is 3.11 bits per heavy atom. The van der Waals surface area contributed by atoms with Crippen LogP contribution in [0.25, 0.3) is 0 Å². The zero-order valence-electron chi connectivity index (χ0n) is 10.4. The van der Waals surface area contributed by atoms with Gasteiger partial charge in [-0.2, -0.15) is 11.8 Å². The smallest absolute Gasteiger partial charge is 0.168 e. The number of benzene rings is 1. The fourth-order valence-electron chi connectivity index (χ4n) is 2.01. The van der Waals surface area contributed by atoms with Crippen molar-refractivity contribution in [3.8, 4) is 5.75 Å². The van der Waals surface area contributed by atoms with Crippen molar-refractivity contribution in [1.82, 2.24) is 0 Å². The lowest BCUT2D eigenvalue weighted by atomic mass is 10.0. The molecule has 0 radical (unpaired) electrons. The van der Waals surface area contributed by atoms with Crippen LogP contribution in [0.15, 0.2) is 18.2 Å². The molecule has 2 N–H and O–H groups in total. The molecule has 0 spiro atoms. The molecule has 18 heavy (non-hydrogen) atoms. The number of hydrogen-bond acceptors (Lipinski definition) is 4. The van der Waals surface area contributed by atoms with Crippen LogP contribution >= 0.6 is 11.8 Å². The molecule has 100 valence electrons. The van der Waals surface area contributed by atoms with Gasteiger partial charge in [0.25, 0.3) is 0 Å². The van der Waals surface area contributed by atoms with E-state index in [4.69, 9.17) is 15.2 Å². The van der Waals surface area contributed by atoms with Crippen molar-refractivity contribution in [2.24, 2.45) is 5.73 Å². The third-order valence-corrected chi connectivity index (χ3v) is 4.06. The maximum absolute atomic E-state index is 14.0. The quantitative estimate of drug-likeness (QED) is 0.907. The van der Waals surface area contributed by atoms with Gasteiger partial charge in [0.2, 0.25) is 0 Å². The van der Waals surface area contributed by atoms with E-state index >= 15 is 0 Å². The summed E-state index contributed by atoms with van der Waals surface area (Å²) in [5, 5.41) is 0. The standard InChI is InChI=1S/C13H18FNO2S/c1-16-11-4-2-3-9(13(11)14)7-10(15)12-8-18-6-5-17-12/h2-4,10,12H,5-8,15H2,1H3. The number of methoxy groups -OCH3 is 1. The second-order valence-corrected chi connectivity index (χ2v) is 5.44. The summed E-state index contributed by atoms with van der Waals surface area (Å²) in [4.78, 5) is 0. The molecule has 1 fully saturated rings. The van der Waals surface area contributed by atoms with E-state index in [1.807, 2.05) is 11.8 Å². The lowest BCUT2D eigenvalue weighted by molar-refractivity contribution is 0.0570. The summed E-state index contributed by atoms with van der Waals surface area (Å²) >= 11 is 1.83. The fraction of sp³-hybridized carbons (Fsp3) is 0.538. The molecule has 2 atom stereocenters. The molecule has 0 bridgehead atoms. The van der Waals surface area contributed by atoms with Crippen LogP contribution in [0.4, 0.5) is 4.39 Å². The van der Waals surface area contributed by atoms with E-state index in [1.165, 1.54) is 7.11 Å². The molecule has 1 saturated heterocycles. The highest BCUT2D eigenvalue weighted by Crippen LogP contribution is 2.23. The van der Waals surface area contributed by atoms with Crippen molar-refractivity contribution in [3.05, 3.63) is 29.6 Å². The van der Waals surface area contributed by atoms with Gasteiger partial charge in [0.05, 0.1) is 19.8 Å². The summed E-state index contributed by atoms with van der Waals surface area (Å²) in [5.41, 5.74) is 6.68. The number of hydrogen-bond donors (Lipinski definition) is 1. The van der Waals surface area contributed by atoms with Gasteiger partial charge in [0, 0.05) is 17.5 Å². The molecular weight excluding hydrogens is 253 g/mol. The minimum Gasteiger partial charge on any atom is -0.494 e. The topological polar surface area (TPSA) is 44.5 Å². The van der Waals surface area contributed by atoms with E-state index in [1.54, 1.807) is 18.2 Å². The molecule has 0 saturated carbocycles. The predicted molar refractivity (Wildman–Crippen MR) is 71.7 cm³/mol. The Hall–Kier alpha value is -0.780. The van der Waals surface area contributed by atoms with E-state index in [2.05, 4.69) is 0 Å². The number of ether oxygens (including phenoxy) is 2. The van der Waals surface area contributed by atoms with E-state index in [-0.39, 0.29) is 23.7 Å². The van der Waals surface area contributed by atoms with Crippen molar-refractivity contribution in [2.45, 2.75) is 18.6 Å². The van der Waals surface area contributed by atoms with Gasteiger partial charge in [-0.1, -0.05) is 12.1 Å². The zero-order valence-corrected chi connectivity index (χ0v) is 11.2. The third-order valence-electron chi connectivity index (χ3n) is 3.04. The molecule has 1 heterocycles. The molecule has 1 aliphatic rings. The van der Waals surface area contributed by atoms with E-state index < -0.39 is 0 Å². The van der Waals surface area contributed by atoms with Crippen molar-refractivity contribution < 1.29 is 13.9 Å². The first-order valence-corrected chi connectivity index (χ1v) is 7.14. The summed E-state index contributed by atoms with van der Waals surface area (Å²) in [7, 11) is 1.46. The van der Waals surface area contributed by atoms with Crippen molar-refractivity contribution >= 4 is 11.8 Å². The largest absolute Gasteiger partial charge is 0.494 e. The van der Waals surface area contributed by atoms with Gasteiger partial charge < -0.3 is 15.2 Å². The molecule has 1 aliphatic heterocycles. The maximum Gasteiger partial charge on any atom is 0.168 e. The lowest BCUT2D eigenvalue weighted by Gasteiger charge is -2.27. The molecule has 0 aromatic heterocycles. The Labute approximate surface area is 111 Å². The molecule has 0 amide bonds. The second-order valence-electron chi connectivity index (χ2n) is 4.29. The number of thioether (sulfide) groups is 1. The average Bonchev–Trinajstić information content (AvgIpc) is 2.42. The minimum atomic E-state index is -0.320. The first-order valence-electron chi connectivity index (χ1n) is 5.98. The molecule has 1 aromatic carbocycles. The lowest BCUT2D eigenvalue weighted by Crippen LogP contribution is -2.42. The number of nitrogens with two attached hydrogens (primary N) is 1. The Morgan fingerprint density at radius 2 is 2.44 bits per heavy atom. The fourth-order valence-corrected chi connectivity index (χ4v) is 2.97. The highest BCUT2D eigenvalue weighted by Gasteiger charge is 2.23. The Balaban J connectivity index is 2.04. The van der Waals surface area contributed by atoms with Crippen LogP contribution in [0.2, 0.25) is 0 Å². The molecule has 3 nitrogen and oxygen atoms in total. The van der Waals surface area contributed by atoms with Crippen LogP contribution in [0.3, 0.4) is 0 Å². The molecule has 1 aromatic rings. The summed E-state index contributed by atoms with van der Waals surface area (Å²) < 4.78 is 24.5. The van der Waals surface area contributed by atoms with Crippen LogP contribution in [0.5, 0.6) is 5.75 Å². The summed E-state index contributed by atoms with van der Waals surface area (Å²) in [6, 6.07) is 4.95. The van der Waals surface area contributed by atoms with Gasteiger partial charge in [0.15, 0.2) is 11.6 Å². The van der Waals surface area contributed by atoms with Gasteiger partial charge >= 0.3 is 0 Å². The Morgan fingerprint density at radius 1 is 1.61 bits per heavy atom. The van der Waals surface area contributed by atoms with Crippen LogP contribution in [0.1, 0.15) is 5.56 Å². The second kappa shape index (κ2) is 6.41. The SMILES string of the molecule is COc1cccc(CC(N)C2CSCCO2)c1F. The van der Waals surface area contributed by atoms with Crippen LogP contribution in [0, 0.1) is 5.82 Å². The number of rotatable bonds is 4. The average molecular weight is 271 g/mol. The molecule has 2 rings (SSSR count). The summed E-state index contributed by atoms with van der Waals surface area (Å²) in [5.74, 6) is 1.83. The van der Waals surface area contributed by atoms with Crippen LogP contribution in [-0.2, 0) is 11.2 Å². The van der Waals surface area contributed by atoms with E-state index in [9.17, 15) is 4.39 Å².